The maximum absolute atomic E-state index is 10.5. The fourth-order valence-electron chi connectivity index (χ4n) is 4.81. The van der Waals surface area contributed by atoms with Gasteiger partial charge in [-0.3, -0.25) is 5.32 Å². The third-order valence-corrected chi connectivity index (χ3v) is 6.29. The lowest BCUT2D eigenvalue weighted by Crippen LogP contribution is -2.28. The third-order valence-electron chi connectivity index (χ3n) is 6.29. The first-order valence-corrected chi connectivity index (χ1v) is 10.3. The van der Waals surface area contributed by atoms with Gasteiger partial charge in [-0.1, -0.05) is 47.5 Å². The van der Waals surface area contributed by atoms with Crippen LogP contribution in [0.5, 0.6) is 11.5 Å². The normalized spacial score (nSPS) is 27.1. The van der Waals surface area contributed by atoms with Gasteiger partial charge in [-0.25, -0.2) is 0 Å². The van der Waals surface area contributed by atoms with Crippen molar-refractivity contribution in [1.82, 2.24) is 15.3 Å². The van der Waals surface area contributed by atoms with Crippen LogP contribution in [-0.2, 0) is 0 Å². The van der Waals surface area contributed by atoms with E-state index in [1.54, 1.807) is 6.07 Å². The molecule has 2 fully saturated rings. The number of hydrogen-bond acceptors (Lipinski definition) is 5. The van der Waals surface area contributed by atoms with Crippen molar-refractivity contribution in [3.05, 3.63) is 93.5 Å². The van der Waals surface area contributed by atoms with E-state index >= 15 is 0 Å². The zero-order valence-electron chi connectivity index (χ0n) is 17.7. The molecule has 30 heavy (non-hydrogen) atoms. The average Bonchev–Trinajstić information content (AvgIpc) is 3.27. The van der Waals surface area contributed by atoms with Crippen molar-refractivity contribution in [2.75, 3.05) is 0 Å². The Bertz CT molecular complexity index is 1080. The first-order chi connectivity index (χ1) is 14.3. The maximum atomic E-state index is 10.5. The fourth-order valence-corrected chi connectivity index (χ4v) is 4.81. The molecule has 3 aromatic rings. The van der Waals surface area contributed by atoms with Gasteiger partial charge in [0.1, 0.15) is 30.0 Å². The van der Waals surface area contributed by atoms with Gasteiger partial charge in [0.15, 0.2) is 0 Å². The quantitative estimate of drug-likeness (QED) is 0.547. The van der Waals surface area contributed by atoms with Crippen LogP contribution >= 0.6 is 0 Å². The van der Waals surface area contributed by atoms with E-state index < -0.39 is 0 Å². The first-order valence-electron chi connectivity index (χ1n) is 10.3. The molecule has 2 saturated heterocycles. The van der Waals surface area contributed by atoms with E-state index in [1.807, 2.05) is 6.07 Å². The summed E-state index contributed by atoms with van der Waals surface area (Å²) in [7, 11) is 0. The molecule has 3 aromatic carbocycles. The van der Waals surface area contributed by atoms with Gasteiger partial charge in [-0.05, 0) is 62.1 Å². The average molecular weight is 402 g/mol. The summed E-state index contributed by atoms with van der Waals surface area (Å²) >= 11 is 0. The number of aryl methyl sites for hydroxylation is 4. The van der Waals surface area contributed by atoms with Crippen LogP contribution in [0.25, 0.3) is 0 Å². The second-order valence-corrected chi connectivity index (χ2v) is 8.57. The van der Waals surface area contributed by atoms with Crippen molar-refractivity contribution >= 4 is 0 Å². The number of aromatic hydroxyl groups is 2. The number of hydrazine groups is 1. The number of hydrogen-bond donors (Lipinski definition) is 3. The van der Waals surface area contributed by atoms with E-state index in [4.69, 9.17) is 0 Å². The molecule has 2 heterocycles. The second kappa shape index (κ2) is 6.84. The van der Waals surface area contributed by atoms with Crippen molar-refractivity contribution in [2.45, 2.75) is 46.2 Å². The molecule has 154 valence electrons. The molecule has 4 unspecified atom stereocenters. The highest BCUT2D eigenvalue weighted by atomic mass is 16.3. The molecule has 5 rings (SSSR count). The van der Waals surface area contributed by atoms with Crippen LogP contribution in [-0.4, -0.2) is 20.2 Å². The Kier molecular flexibility index (Phi) is 4.36. The smallest absolute Gasteiger partial charge is 0.125 e. The molecule has 0 amide bonds. The van der Waals surface area contributed by atoms with Gasteiger partial charge >= 0.3 is 0 Å². The predicted molar refractivity (Wildman–Crippen MR) is 117 cm³/mol. The summed E-state index contributed by atoms with van der Waals surface area (Å²) < 4.78 is 0. The highest BCUT2D eigenvalue weighted by Gasteiger charge is 2.61. The van der Waals surface area contributed by atoms with Crippen molar-refractivity contribution in [2.24, 2.45) is 0 Å². The summed E-state index contributed by atoms with van der Waals surface area (Å²) in [6, 6.07) is 18.0. The van der Waals surface area contributed by atoms with Gasteiger partial charge in [0.05, 0.1) is 0 Å². The molecular formula is C25H27N3O2. The molecule has 5 heteroatoms. The van der Waals surface area contributed by atoms with Crippen LogP contribution in [0.2, 0.25) is 0 Å². The highest BCUT2D eigenvalue weighted by molar-refractivity contribution is 5.45. The molecule has 3 N–H and O–H groups in total. The fraction of sp³-hybridized carbons (Fsp3) is 0.280. The van der Waals surface area contributed by atoms with E-state index in [1.165, 1.54) is 39.4 Å². The van der Waals surface area contributed by atoms with E-state index in [-0.39, 0.29) is 30.0 Å². The van der Waals surface area contributed by atoms with Gasteiger partial charge in [-0.2, -0.15) is 10.0 Å². The molecule has 4 atom stereocenters. The van der Waals surface area contributed by atoms with Crippen LogP contribution < -0.4 is 5.32 Å². The van der Waals surface area contributed by atoms with Crippen LogP contribution in [0.1, 0.15) is 57.4 Å². The minimum atomic E-state index is -0.0525. The standard InChI is InChI=1S/C25H27N3O2/c1-14-5-8-19(16(3)11-14)23-26-24(20-9-6-15(2)12-17(20)4)28-25(27(23)28)21-10-7-18(29)13-22(21)30/h5-13,23-26,29-30H,1-4H3. The summed E-state index contributed by atoms with van der Waals surface area (Å²) in [6.45, 7) is 8.52. The number of rotatable bonds is 3. The number of nitrogens with one attached hydrogen (secondary N) is 1. The number of phenolic OH excluding ortho intramolecular Hbond substituents is 2. The number of fused-ring (bicyclic) bond motifs is 1. The Labute approximate surface area is 177 Å². The van der Waals surface area contributed by atoms with Crippen molar-refractivity contribution in [1.29, 1.82) is 0 Å². The molecule has 5 nitrogen and oxygen atoms in total. The Balaban J connectivity index is 1.58. The number of benzene rings is 3. The SMILES string of the molecule is Cc1ccc(C2NC(c3ccc(C)cc3C)N3C(c4ccc(O)cc4O)N23)c(C)c1. The van der Waals surface area contributed by atoms with Gasteiger partial charge in [-0.15, -0.1) is 0 Å². The lowest BCUT2D eigenvalue weighted by molar-refractivity contribution is 0.313. The minimum Gasteiger partial charge on any atom is -0.508 e. The van der Waals surface area contributed by atoms with Gasteiger partial charge < -0.3 is 10.2 Å². The summed E-state index contributed by atoms with van der Waals surface area (Å²) in [5.41, 5.74) is 8.26. The topological polar surface area (TPSA) is 58.5 Å². The predicted octanol–water partition coefficient (Wildman–Crippen LogP) is 4.86. The zero-order valence-corrected chi connectivity index (χ0v) is 17.7. The molecular weight excluding hydrogens is 374 g/mol. The summed E-state index contributed by atoms with van der Waals surface area (Å²) in [5.74, 6) is 0.190. The van der Waals surface area contributed by atoms with E-state index in [0.29, 0.717) is 0 Å². The Morgan fingerprint density at radius 2 is 1.17 bits per heavy atom. The van der Waals surface area contributed by atoms with Crippen molar-refractivity contribution in [3.63, 3.8) is 0 Å². The zero-order chi connectivity index (χ0) is 21.2. The Morgan fingerprint density at radius 3 is 1.63 bits per heavy atom. The van der Waals surface area contributed by atoms with Crippen molar-refractivity contribution < 1.29 is 10.2 Å². The van der Waals surface area contributed by atoms with Gasteiger partial charge in [0, 0.05) is 11.6 Å². The van der Waals surface area contributed by atoms with Crippen molar-refractivity contribution in [3.8, 4) is 11.5 Å². The molecule has 0 aromatic heterocycles. The van der Waals surface area contributed by atoms with Gasteiger partial charge in [0.25, 0.3) is 0 Å². The molecule has 0 radical (unpaired) electrons. The van der Waals surface area contributed by atoms with E-state index in [9.17, 15) is 10.2 Å². The molecule has 2 aliphatic heterocycles. The lowest BCUT2D eigenvalue weighted by Gasteiger charge is -2.23. The third kappa shape index (κ3) is 2.98. The van der Waals surface area contributed by atoms with Crippen LogP contribution in [0, 0.1) is 27.7 Å². The molecule has 0 spiro atoms. The monoisotopic (exact) mass is 401 g/mol. The number of nitrogens with zero attached hydrogens (tertiary/aromatic N) is 2. The number of phenols is 2. The largest absolute Gasteiger partial charge is 0.508 e. The first kappa shape index (κ1) is 19.1. The Morgan fingerprint density at radius 1 is 0.667 bits per heavy atom. The summed E-state index contributed by atoms with van der Waals surface area (Å²) in [4.78, 5) is 0. The van der Waals surface area contributed by atoms with E-state index in [0.717, 1.165) is 5.56 Å². The Hall–Kier alpha value is -2.86. The van der Waals surface area contributed by atoms with E-state index in [2.05, 4.69) is 79.4 Å². The van der Waals surface area contributed by atoms with Crippen LogP contribution in [0.4, 0.5) is 0 Å². The highest BCUT2D eigenvalue weighted by Crippen LogP contribution is 2.59. The van der Waals surface area contributed by atoms with Crippen LogP contribution in [0.3, 0.4) is 0 Å². The van der Waals surface area contributed by atoms with Gasteiger partial charge in [0.2, 0.25) is 0 Å². The minimum absolute atomic E-state index is 0.00880. The lowest BCUT2D eigenvalue weighted by atomic mass is 10.00. The van der Waals surface area contributed by atoms with Crippen LogP contribution in [0.15, 0.2) is 54.6 Å². The molecule has 0 aliphatic carbocycles. The summed E-state index contributed by atoms with van der Waals surface area (Å²) in [6.07, 6.45) is -0.0349. The molecule has 2 aliphatic rings. The molecule has 0 bridgehead atoms. The summed E-state index contributed by atoms with van der Waals surface area (Å²) in [5, 5.41) is 28.6. The molecule has 0 saturated carbocycles. The maximum Gasteiger partial charge on any atom is 0.125 e. The second-order valence-electron chi connectivity index (χ2n) is 8.57.